The van der Waals surface area contributed by atoms with Crippen molar-refractivity contribution < 1.29 is 18.0 Å². The number of hydrogen-bond acceptors (Lipinski definition) is 2. The van der Waals surface area contributed by atoms with E-state index in [2.05, 4.69) is 4.98 Å². The van der Waals surface area contributed by atoms with Crippen LogP contribution in [-0.4, -0.2) is 16.9 Å². The van der Waals surface area contributed by atoms with Gasteiger partial charge < -0.3 is 0 Å². The van der Waals surface area contributed by atoms with Crippen LogP contribution < -0.4 is 0 Å². The summed E-state index contributed by atoms with van der Waals surface area (Å²) in [5.74, 6) is -1.75. The summed E-state index contributed by atoms with van der Waals surface area (Å²) in [6, 6.07) is 2.91. The van der Waals surface area contributed by atoms with Crippen LogP contribution in [0.4, 0.5) is 13.2 Å². The fraction of sp³-hybridized carbons (Fsp3) is 0.250. The zero-order valence-electron chi connectivity index (χ0n) is 6.51. The number of rotatable bonds is 2. The average molecular weight is 189 g/mol. The van der Waals surface area contributed by atoms with Crippen molar-refractivity contribution in [3.8, 4) is 0 Å². The fourth-order valence-electron chi connectivity index (χ4n) is 0.788. The van der Waals surface area contributed by atoms with Gasteiger partial charge in [-0.2, -0.15) is 13.2 Å². The summed E-state index contributed by atoms with van der Waals surface area (Å²) in [5.41, 5.74) is 0.268. The number of alkyl halides is 3. The van der Waals surface area contributed by atoms with Gasteiger partial charge in [0.05, 0.1) is 0 Å². The highest BCUT2D eigenvalue weighted by Crippen LogP contribution is 2.18. The fourth-order valence-corrected chi connectivity index (χ4v) is 0.788. The van der Waals surface area contributed by atoms with Crippen LogP contribution in [0.5, 0.6) is 0 Å². The molecule has 0 aliphatic rings. The maximum atomic E-state index is 11.8. The topological polar surface area (TPSA) is 30.0 Å². The molecule has 0 aliphatic heterocycles. The Balaban J connectivity index is 2.66. The van der Waals surface area contributed by atoms with Crippen LogP contribution in [0.15, 0.2) is 24.5 Å². The Morgan fingerprint density at radius 2 is 2.15 bits per heavy atom. The van der Waals surface area contributed by atoms with Crippen LogP contribution in [0, 0.1) is 0 Å². The van der Waals surface area contributed by atoms with E-state index in [-0.39, 0.29) is 5.56 Å². The molecule has 1 heterocycles. The standard InChI is InChI=1S/C8H6F3NO/c9-8(10,11)7(13)4-6-2-1-3-12-5-6/h1-3,5H,4H2. The molecular formula is C8H6F3NO. The molecule has 0 saturated heterocycles. The molecule has 1 rings (SSSR count). The molecule has 0 spiro atoms. The summed E-state index contributed by atoms with van der Waals surface area (Å²) in [6.45, 7) is 0. The van der Waals surface area contributed by atoms with Crippen molar-refractivity contribution in [1.82, 2.24) is 4.98 Å². The minimum atomic E-state index is -4.75. The lowest BCUT2D eigenvalue weighted by atomic mass is 10.1. The second kappa shape index (κ2) is 3.55. The van der Waals surface area contributed by atoms with Gasteiger partial charge >= 0.3 is 6.18 Å². The molecule has 5 heteroatoms. The molecule has 70 valence electrons. The van der Waals surface area contributed by atoms with Crippen LogP contribution in [0.25, 0.3) is 0 Å². The third-order valence-corrected chi connectivity index (χ3v) is 1.40. The van der Waals surface area contributed by atoms with Crippen LogP contribution in [-0.2, 0) is 11.2 Å². The molecule has 0 aromatic carbocycles. The minimum absolute atomic E-state index is 0.268. The van der Waals surface area contributed by atoms with E-state index < -0.39 is 18.4 Å². The average Bonchev–Trinajstić information content (AvgIpc) is 2.04. The van der Waals surface area contributed by atoms with E-state index in [0.29, 0.717) is 0 Å². The molecule has 0 bridgehead atoms. The molecule has 0 unspecified atom stereocenters. The lowest BCUT2D eigenvalue weighted by Gasteiger charge is -2.03. The Hall–Kier alpha value is -1.39. The summed E-state index contributed by atoms with van der Waals surface area (Å²) >= 11 is 0. The largest absolute Gasteiger partial charge is 0.450 e. The van der Waals surface area contributed by atoms with Gasteiger partial charge in [-0.25, -0.2) is 0 Å². The number of halogens is 3. The van der Waals surface area contributed by atoms with Gasteiger partial charge in [-0.3, -0.25) is 9.78 Å². The second-order valence-corrected chi connectivity index (χ2v) is 2.46. The van der Waals surface area contributed by atoms with E-state index in [0.717, 1.165) is 0 Å². The van der Waals surface area contributed by atoms with Gasteiger partial charge in [0.1, 0.15) is 0 Å². The minimum Gasteiger partial charge on any atom is -0.289 e. The Kier molecular flexibility index (Phi) is 2.65. The maximum Gasteiger partial charge on any atom is 0.450 e. The first-order valence-electron chi connectivity index (χ1n) is 3.49. The third kappa shape index (κ3) is 2.85. The Bertz CT molecular complexity index is 294. The second-order valence-electron chi connectivity index (χ2n) is 2.46. The van der Waals surface area contributed by atoms with Gasteiger partial charge in [0.25, 0.3) is 0 Å². The van der Waals surface area contributed by atoms with Crippen LogP contribution >= 0.6 is 0 Å². The molecule has 1 aromatic heterocycles. The zero-order chi connectivity index (χ0) is 9.90. The van der Waals surface area contributed by atoms with Crippen molar-refractivity contribution in [2.75, 3.05) is 0 Å². The predicted molar refractivity (Wildman–Crippen MR) is 39.0 cm³/mol. The van der Waals surface area contributed by atoms with Crippen molar-refractivity contribution in [1.29, 1.82) is 0 Å². The lowest BCUT2D eigenvalue weighted by molar-refractivity contribution is -0.170. The van der Waals surface area contributed by atoms with Gasteiger partial charge in [0.2, 0.25) is 5.78 Å². The number of hydrogen-bond donors (Lipinski definition) is 0. The van der Waals surface area contributed by atoms with E-state index in [1.807, 2.05) is 0 Å². The lowest BCUT2D eigenvalue weighted by Crippen LogP contribution is -2.24. The summed E-state index contributed by atoms with van der Waals surface area (Å²) in [6.07, 6.45) is -2.72. The third-order valence-electron chi connectivity index (χ3n) is 1.40. The molecular weight excluding hydrogens is 183 g/mol. The monoisotopic (exact) mass is 189 g/mol. The van der Waals surface area contributed by atoms with Gasteiger partial charge in [0, 0.05) is 18.8 Å². The molecule has 0 saturated carbocycles. The molecule has 0 N–H and O–H groups in total. The maximum absolute atomic E-state index is 11.8. The van der Waals surface area contributed by atoms with Gasteiger partial charge in [-0.05, 0) is 11.6 Å². The first kappa shape index (κ1) is 9.70. The molecule has 13 heavy (non-hydrogen) atoms. The number of carbonyl (C=O) groups is 1. The summed E-state index contributed by atoms with van der Waals surface area (Å²) in [4.78, 5) is 14.1. The highest BCUT2D eigenvalue weighted by atomic mass is 19.4. The first-order valence-corrected chi connectivity index (χ1v) is 3.49. The molecule has 0 fully saturated rings. The van der Waals surface area contributed by atoms with Crippen molar-refractivity contribution in [3.05, 3.63) is 30.1 Å². The smallest absolute Gasteiger partial charge is 0.289 e. The van der Waals surface area contributed by atoms with Crippen LogP contribution in [0.2, 0.25) is 0 Å². The van der Waals surface area contributed by atoms with Crippen molar-refractivity contribution in [3.63, 3.8) is 0 Å². The quantitative estimate of drug-likeness (QED) is 0.709. The Morgan fingerprint density at radius 3 is 2.62 bits per heavy atom. The zero-order valence-corrected chi connectivity index (χ0v) is 6.51. The van der Waals surface area contributed by atoms with Gasteiger partial charge in [-0.15, -0.1) is 0 Å². The summed E-state index contributed by atoms with van der Waals surface area (Å²) in [7, 11) is 0. The normalized spacial score (nSPS) is 11.3. The van der Waals surface area contributed by atoms with Crippen molar-refractivity contribution in [2.45, 2.75) is 12.6 Å². The molecule has 0 amide bonds. The number of nitrogens with zero attached hydrogens (tertiary/aromatic N) is 1. The highest BCUT2D eigenvalue weighted by Gasteiger charge is 2.37. The molecule has 0 atom stereocenters. The van der Waals surface area contributed by atoms with E-state index >= 15 is 0 Å². The highest BCUT2D eigenvalue weighted by molar-refractivity contribution is 5.85. The van der Waals surface area contributed by atoms with Crippen molar-refractivity contribution in [2.24, 2.45) is 0 Å². The van der Waals surface area contributed by atoms with Crippen LogP contribution in [0.3, 0.4) is 0 Å². The number of ketones is 1. The Labute approximate surface area is 72.4 Å². The van der Waals surface area contributed by atoms with E-state index in [4.69, 9.17) is 0 Å². The molecule has 2 nitrogen and oxygen atoms in total. The SMILES string of the molecule is O=C(Cc1cccnc1)C(F)(F)F. The number of carbonyl (C=O) groups excluding carboxylic acids is 1. The van der Waals surface area contributed by atoms with E-state index in [1.54, 1.807) is 0 Å². The number of pyridine rings is 1. The summed E-state index contributed by atoms with van der Waals surface area (Å²) in [5, 5.41) is 0. The molecule has 0 radical (unpaired) electrons. The van der Waals surface area contributed by atoms with Gasteiger partial charge in [0.15, 0.2) is 0 Å². The van der Waals surface area contributed by atoms with E-state index in [9.17, 15) is 18.0 Å². The van der Waals surface area contributed by atoms with Crippen molar-refractivity contribution >= 4 is 5.78 Å². The molecule has 1 aromatic rings. The van der Waals surface area contributed by atoms with Gasteiger partial charge in [-0.1, -0.05) is 6.07 Å². The molecule has 0 aliphatic carbocycles. The first-order chi connectivity index (χ1) is 6.00. The number of Topliss-reactive ketones (excluding diaryl/α,β-unsaturated/α-hetero) is 1. The Morgan fingerprint density at radius 1 is 1.46 bits per heavy atom. The van der Waals surface area contributed by atoms with E-state index in [1.165, 1.54) is 24.5 Å². The number of aromatic nitrogens is 1. The predicted octanol–water partition coefficient (Wildman–Crippen LogP) is 1.76. The van der Waals surface area contributed by atoms with Crippen LogP contribution in [0.1, 0.15) is 5.56 Å². The summed E-state index contributed by atoms with van der Waals surface area (Å²) < 4.78 is 35.3.